The number of hydrogen-bond acceptors (Lipinski definition) is 3. The lowest BCUT2D eigenvalue weighted by Gasteiger charge is -2.18. The number of benzene rings is 1. The SMILES string of the molecule is CC(O)CCN(C)Cc1cccc(Cl)c1O. The number of aromatic hydroxyl groups is 1. The molecular formula is C12H18ClNO2. The van der Waals surface area contributed by atoms with Crippen LogP contribution in [0, 0.1) is 0 Å². The molecule has 1 aromatic carbocycles. The molecule has 4 heteroatoms. The minimum atomic E-state index is -0.296. The van der Waals surface area contributed by atoms with Crippen LogP contribution in [0.25, 0.3) is 0 Å². The van der Waals surface area contributed by atoms with E-state index in [-0.39, 0.29) is 11.9 Å². The van der Waals surface area contributed by atoms with Gasteiger partial charge in [0.15, 0.2) is 0 Å². The highest BCUT2D eigenvalue weighted by atomic mass is 35.5. The molecule has 1 rings (SSSR count). The summed E-state index contributed by atoms with van der Waals surface area (Å²) in [7, 11) is 1.95. The lowest BCUT2D eigenvalue weighted by molar-refractivity contribution is 0.162. The van der Waals surface area contributed by atoms with Crippen LogP contribution in [0.4, 0.5) is 0 Å². The monoisotopic (exact) mass is 243 g/mol. The molecule has 0 heterocycles. The van der Waals surface area contributed by atoms with Crippen LogP contribution >= 0.6 is 11.6 Å². The molecule has 0 bridgehead atoms. The maximum atomic E-state index is 9.72. The Hall–Kier alpha value is -0.770. The predicted molar refractivity (Wildman–Crippen MR) is 65.7 cm³/mol. The number of rotatable bonds is 5. The van der Waals surface area contributed by atoms with E-state index < -0.39 is 0 Å². The van der Waals surface area contributed by atoms with Gasteiger partial charge in [-0.3, -0.25) is 0 Å². The smallest absolute Gasteiger partial charge is 0.138 e. The van der Waals surface area contributed by atoms with E-state index in [1.54, 1.807) is 13.0 Å². The number of phenols is 1. The van der Waals surface area contributed by atoms with Gasteiger partial charge in [0.2, 0.25) is 0 Å². The summed E-state index contributed by atoms with van der Waals surface area (Å²) in [5.74, 6) is 0.146. The van der Waals surface area contributed by atoms with Gasteiger partial charge in [-0.05, 0) is 26.5 Å². The van der Waals surface area contributed by atoms with Crippen LogP contribution in [0.5, 0.6) is 5.75 Å². The van der Waals surface area contributed by atoms with E-state index in [1.165, 1.54) is 0 Å². The Kier molecular flexibility index (Phi) is 5.06. The number of nitrogens with zero attached hydrogens (tertiary/aromatic N) is 1. The molecule has 3 nitrogen and oxygen atoms in total. The highest BCUT2D eigenvalue weighted by Crippen LogP contribution is 2.27. The molecule has 0 aliphatic rings. The minimum absolute atomic E-state index is 0.146. The Morgan fingerprint density at radius 1 is 1.44 bits per heavy atom. The summed E-state index contributed by atoms with van der Waals surface area (Å²) in [6, 6.07) is 5.33. The fourth-order valence-corrected chi connectivity index (χ4v) is 1.66. The zero-order valence-electron chi connectivity index (χ0n) is 9.65. The molecule has 0 aromatic heterocycles. The second kappa shape index (κ2) is 6.09. The van der Waals surface area contributed by atoms with Crippen molar-refractivity contribution in [2.24, 2.45) is 0 Å². The van der Waals surface area contributed by atoms with Crippen LogP contribution in [0.3, 0.4) is 0 Å². The number of halogens is 1. The Morgan fingerprint density at radius 2 is 2.12 bits per heavy atom. The van der Waals surface area contributed by atoms with E-state index in [4.69, 9.17) is 16.7 Å². The van der Waals surface area contributed by atoms with Crippen molar-refractivity contribution in [3.8, 4) is 5.75 Å². The quantitative estimate of drug-likeness (QED) is 0.834. The highest BCUT2D eigenvalue weighted by molar-refractivity contribution is 6.32. The Morgan fingerprint density at radius 3 is 2.75 bits per heavy atom. The second-order valence-corrected chi connectivity index (χ2v) is 4.53. The zero-order chi connectivity index (χ0) is 12.1. The summed E-state index contributed by atoms with van der Waals surface area (Å²) >= 11 is 5.82. The van der Waals surface area contributed by atoms with Crippen molar-refractivity contribution >= 4 is 11.6 Å². The standard InChI is InChI=1S/C12H18ClNO2/c1-9(15)6-7-14(2)8-10-4-3-5-11(13)12(10)16/h3-5,9,15-16H,6-8H2,1-2H3. The van der Waals surface area contributed by atoms with Crippen LogP contribution in [-0.4, -0.2) is 34.8 Å². The van der Waals surface area contributed by atoms with Crippen LogP contribution in [0.2, 0.25) is 5.02 Å². The number of aliphatic hydroxyl groups is 1. The summed E-state index contributed by atoms with van der Waals surface area (Å²) in [5, 5.41) is 19.3. The largest absolute Gasteiger partial charge is 0.506 e. The van der Waals surface area contributed by atoms with E-state index in [9.17, 15) is 5.11 Å². The van der Waals surface area contributed by atoms with Crippen molar-refractivity contribution in [2.75, 3.05) is 13.6 Å². The molecular weight excluding hydrogens is 226 g/mol. The minimum Gasteiger partial charge on any atom is -0.506 e. The van der Waals surface area contributed by atoms with Gasteiger partial charge < -0.3 is 15.1 Å². The van der Waals surface area contributed by atoms with Crippen LogP contribution in [0.15, 0.2) is 18.2 Å². The molecule has 0 fully saturated rings. The summed E-state index contributed by atoms with van der Waals surface area (Å²) in [4.78, 5) is 2.04. The average Bonchev–Trinajstić information content (AvgIpc) is 2.22. The van der Waals surface area contributed by atoms with Crippen molar-refractivity contribution in [1.29, 1.82) is 0 Å². The van der Waals surface area contributed by atoms with Crippen LogP contribution in [0.1, 0.15) is 18.9 Å². The third kappa shape index (κ3) is 4.00. The summed E-state index contributed by atoms with van der Waals surface area (Å²) in [6.07, 6.45) is 0.424. The average molecular weight is 244 g/mol. The molecule has 0 saturated heterocycles. The van der Waals surface area contributed by atoms with Crippen molar-refractivity contribution in [3.05, 3.63) is 28.8 Å². The third-order valence-electron chi connectivity index (χ3n) is 2.44. The third-order valence-corrected chi connectivity index (χ3v) is 2.74. The maximum absolute atomic E-state index is 9.72. The van der Waals surface area contributed by atoms with Gasteiger partial charge >= 0.3 is 0 Å². The lowest BCUT2D eigenvalue weighted by Crippen LogP contribution is -2.22. The van der Waals surface area contributed by atoms with Gasteiger partial charge in [-0.25, -0.2) is 0 Å². The van der Waals surface area contributed by atoms with Gasteiger partial charge in [0, 0.05) is 18.7 Å². The highest BCUT2D eigenvalue weighted by Gasteiger charge is 2.08. The fourth-order valence-electron chi connectivity index (χ4n) is 1.46. The summed E-state index contributed by atoms with van der Waals surface area (Å²) in [6.45, 7) is 3.17. The number of aliphatic hydroxyl groups excluding tert-OH is 1. The molecule has 16 heavy (non-hydrogen) atoms. The molecule has 0 spiro atoms. The molecule has 2 N–H and O–H groups in total. The first-order valence-electron chi connectivity index (χ1n) is 5.33. The van der Waals surface area contributed by atoms with Gasteiger partial charge in [0.05, 0.1) is 11.1 Å². The first kappa shape index (κ1) is 13.3. The normalized spacial score (nSPS) is 13.1. The molecule has 0 amide bonds. The lowest BCUT2D eigenvalue weighted by atomic mass is 10.2. The van der Waals surface area contributed by atoms with Crippen LogP contribution in [-0.2, 0) is 6.54 Å². The molecule has 1 aromatic rings. The molecule has 0 aliphatic carbocycles. The molecule has 1 unspecified atom stereocenters. The molecule has 0 radical (unpaired) electrons. The van der Waals surface area contributed by atoms with Gasteiger partial charge in [-0.2, -0.15) is 0 Å². The van der Waals surface area contributed by atoms with E-state index >= 15 is 0 Å². The Labute approximate surface area is 101 Å². The first-order chi connectivity index (χ1) is 7.50. The summed E-state index contributed by atoms with van der Waals surface area (Å²) < 4.78 is 0. The van der Waals surface area contributed by atoms with Gasteiger partial charge in [0.25, 0.3) is 0 Å². The van der Waals surface area contributed by atoms with E-state index in [0.717, 1.165) is 18.5 Å². The fraction of sp³-hybridized carbons (Fsp3) is 0.500. The van der Waals surface area contributed by atoms with E-state index in [2.05, 4.69) is 0 Å². The number of hydrogen-bond donors (Lipinski definition) is 2. The topological polar surface area (TPSA) is 43.7 Å². The van der Waals surface area contributed by atoms with Crippen molar-refractivity contribution in [3.63, 3.8) is 0 Å². The first-order valence-corrected chi connectivity index (χ1v) is 5.71. The molecule has 90 valence electrons. The number of para-hydroxylation sites is 1. The number of phenolic OH excluding ortho intramolecular Hbond substituents is 1. The van der Waals surface area contributed by atoms with Crippen molar-refractivity contribution in [2.45, 2.75) is 26.0 Å². The van der Waals surface area contributed by atoms with Gasteiger partial charge in [-0.1, -0.05) is 23.7 Å². The van der Waals surface area contributed by atoms with Crippen molar-refractivity contribution < 1.29 is 10.2 Å². The van der Waals surface area contributed by atoms with E-state index in [0.29, 0.717) is 11.6 Å². The molecule has 0 saturated carbocycles. The Bertz CT molecular complexity index is 342. The summed E-state index contributed by atoms with van der Waals surface area (Å²) in [5.41, 5.74) is 0.806. The van der Waals surface area contributed by atoms with E-state index in [1.807, 2.05) is 24.1 Å². The van der Waals surface area contributed by atoms with Gasteiger partial charge in [0.1, 0.15) is 5.75 Å². The van der Waals surface area contributed by atoms with Crippen molar-refractivity contribution in [1.82, 2.24) is 4.90 Å². The Balaban J connectivity index is 2.56. The molecule has 1 atom stereocenters. The zero-order valence-corrected chi connectivity index (χ0v) is 10.4. The molecule has 0 aliphatic heterocycles. The van der Waals surface area contributed by atoms with Crippen LogP contribution < -0.4 is 0 Å². The van der Waals surface area contributed by atoms with Gasteiger partial charge in [-0.15, -0.1) is 0 Å². The predicted octanol–water partition coefficient (Wildman–Crippen LogP) is 2.25. The maximum Gasteiger partial charge on any atom is 0.138 e. The second-order valence-electron chi connectivity index (χ2n) is 4.12.